The predicted octanol–water partition coefficient (Wildman–Crippen LogP) is 1.71. The molecule has 4 heterocycles. The summed E-state index contributed by atoms with van der Waals surface area (Å²) >= 11 is 1.46. The highest BCUT2D eigenvalue weighted by Crippen LogP contribution is 2.40. The fourth-order valence-electron chi connectivity index (χ4n) is 3.70. The van der Waals surface area contributed by atoms with Crippen LogP contribution in [0.5, 0.6) is 0 Å². The Hall–Kier alpha value is -2.74. The Kier molecular flexibility index (Phi) is 4.89. The van der Waals surface area contributed by atoms with E-state index in [1.54, 1.807) is 31.4 Å². The topological polar surface area (TPSA) is 73.8 Å². The Morgan fingerprint density at radius 3 is 2.82 bits per heavy atom. The van der Waals surface area contributed by atoms with Crippen molar-refractivity contribution in [2.45, 2.75) is 25.8 Å². The van der Waals surface area contributed by atoms with E-state index in [-0.39, 0.29) is 24.3 Å². The number of fused-ring (bicyclic) bond motifs is 3. The number of pyridine rings is 1. The lowest BCUT2D eigenvalue weighted by molar-refractivity contribution is -0.132. The number of nitrogens with zero attached hydrogens (tertiary/aromatic N) is 4. The molecule has 0 atom stereocenters. The number of aromatic nitrogens is 1. The lowest BCUT2D eigenvalue weighted by Gasteiger charge is -2.27. The Morgan fingerprint density at radius 2 is 2.07 bits per heavy atom. The van der Waals surface area contributed by atoms with Crippen LogP contribution < -0.4 is 4.90 Å². The summed E-state index contributed by atoms with van der Waals surface area (Å²) in [5.74, 6) is -0.106. The molecule has 8 heteroatoms. The highest BCUT2D eigenvalue weighted by Gasteiger charge is 2.36. The Bertz CT molecular complexity index is 940. The van der Waals surface area contributed by atoms with Gasteiger partial charge < -0.3 is 14.7 Å². The van der Waals surface area contributed by atoms with Gasteiger partial charge in [0.1, 0.15) is 11.5 Å². The van der Waals surface area contributed by atoms with Gasteiger partial charge in [0.25, 0.3) is 5.91 Å². The van der Waals surface area contributed by atoms with Crippen LogP contribution >= 0.6 is 11.3 Å². The zero-order valence-corrected chi connectivity index (χ0v) is 16.8. The normalized spacial score (nSPS) is 16.7. The summed E-state index contributed by atoms with van der Waals surface area (Å²) in [6, 6.07) is 3.84. The second-order valence-corrected chi connectivity index (χ2v) is 8.31. The van der Waals surface area contributed by atoms with Crippen LogP contribution in [-0.4, -0.2) is 59.7 Å². The number of hydrogen-bond donors (Lipinski definition) is 0. The number of amides is 3. The van der Waals surface area contributed by atoms with Crippen LogP contribution in [0.2, 0.25) is 0 Å². The Balaban J connectivity index is 1.53. The molecule has 0 radical (unpaired) electrons. The monoisotopic (exact) mass is 398 g/mol. The first-order chi connectivity index (χ1) is 13.5. The maximum Gasteiger partial charge on any atom is 0.257 e. The number of thiophene rings is 1. The van der Waals surface area contributed by atoms with E-state index in [9.17, 15) is 14.4 Å². The molecule has 0 bridgehead atoms. The van der Waals surface area contributed by atoms with Gasteiger partial charge in [-0.25, -0.2) is 0 Å². The van der Waals surface area contributed by atoms with Crippen molar-refractivity contribution in [3.05, 3.63) is 46.1 Å². The molecule has 0 N–H and O–H groups in total. The summed E-state index contributed by atoms with van der Waals surface area (Å²) in [4.78, 5) is 47.8. The van der Waals surface area contributed by atoms with Crippen molar-refractivity contribution in [3.8, 4) is 0 Å². The maximum absolute atomic E-state index is 12.8. The molecule has 2 aromatic rings. The van der Waals surface area contributed by atoms with E-state index >= 15 is 0 Å². The summed E-state index contributed by atoms with van der Waals surface area (Å²) < 4.78 is 0. The number of carbonyl (C=O) groups is 3. The fourth-order valence-corrected chi connectivity index (χ4v) is 5.03. The lowest BCUT2D eigenvalue weighted by Crippen LogP contribution is -2.37. The number of anilines is 1. The van der Waals surface area contributed by atoms with Crippen molar-refractivity contribution in [1.82, 2.24) is 14.8 Å². The van der Waals surface area contributed by atoms with Gasteiger partial charge in [-0.2, -0.15) is 0 Å². The minimum absolute atomic E-state index is 0.0878. The van der Waals surface area contributed by atoms with E-state index in [1.807, 2.05) is 17.0 Å². The lowest BCUT2D eigenvalue weighted by atomic mass is 10.0. The van der Waals surface area contributed by atoms with Gasteiger partial charge in [0.05, 0.1) is 12.1 Å². The van der Waals surface area contributed by atoms with Crippen LogP contribution in [0.4, 0.5) is 5.00 Å². The predicted molar refractivity (Wildman–Crippen MR) is 106 cm³/mol. The molecular weight excluding hydrogens is 376 g/mol. The van der Waals surface area contributed by atoms with Crippen molar-refractivity contribution in [3.63, 3.8) is 0 Å². The first kappa shape index (κ1) is 18.6. The van der Waals surface area contributed by atoms with Gasteiger partial charge in [-0.3, -0.25) is 19.4 Å². The quantitative estimate of drug-likeness (QED) is 0.789. The zero-order chi connectivity index (χ0) is 19.8. The molecule has 0 unspecified atom stereocenters. The van der Waals surface area contributed by atoms with Crippen LogP contribution in [0.3, 0.4) is 0 Å². The molecule has 2 aliphatic rings. The van der Waals surface area contributed by atoms with E-state index in [1.165, 1.54) is 16.2 Å². The summed E-state index contributed by atoms with van der Waals surface area (Å²) in [5.41, 5.74) is 2.68. The minimum Gasteiger partial charge on any atom is -0.337 e. The molecule has 7 nitrogen and oxygen atoms in total. The zero-order valence-electron chi connectivity index (χ0n) is 16.0. The van der Waals surface area contributed by atoms with Crippen LogP contribution in [0.15, 0.2) is 24.5 Å². The molecule has 2 aliphatic heterocycles. The Labute approximate surface area is 167 Å². The summed E-state index contributed by atoms with van der Waals surface area (Å²) in [7, 11) is 3.37. The SMILES string of the molecule is CN1CC(=O)N(C)c2sc3c(c2C1=O)CCN(C(=O)CCc1cccnc1)C3. The van der Waals surface area contributed by atoms with Gasteiger partial charge in [-0.15, -0.1) is 11.3 Å². The number of likely N-dealkylation sites (N-methyl/N-ethyl adjacent to an activating group) is 2. The highest BCUT2D eigenvalue weighted by atomic mass is 32.1. The van der Waals surface area contributed by atoms with Crippen LogP contribution in [0.25, 0.3) is 0 Å². The average Bonchev–Trinajstić information content (AvgIpc) is 3.06. The molecule has 0 aliphatic carbocycles. The molecule has 0 aromatic carbocycles. The minimum atomic E-state index is -0.110. The summed E-state index contributed by atoms with van der Waals surface area (Å²) in [6.45, 7) is 1.18. The standard InChI is InChI=1S/C20H22N4O3S/c1-22-12-17(26)23(2)20-18(19(22)27)14-7-9-24(11-15(14)28-20)16(25)6-5-13-4-3-8-21-10-13/h3-4,8,10H,5-7,9,11-12H2,1-2H3. The molecule has 0 saturated carbocycles. The number of hydrogen-bond acceptors (Lipinski definition) is 5. The van der Waals surface area contributed by atoms with Gasteiger partial charge in [0.2, 0.25) is 11.8 Å². The number of rotatable bonds is 3. The highest BCUT2D eigenvalue weighted by molar-refractivity contribution is 7.17. The second-order valence-electron chi connectivity index (χ2n) is 7.22. The van der Waals surface area contributed by atoms with E-state index in [0.29, 0.717) is 42.9 Å². The van der Waals surface area contributed by atoms with E-state index in [4.69, 9.17) is 0 Å². The van der Waals surface area contributed by atoms with Gasteiger partial charge in [0, 0.05) is 44.3 Å². The van der Waals surface area contributed by atoms with E-state index in [2.05, 4.69) is 4.98 Å². The van der Waals surface area contributed by atoms with Crippen LogP contribution in [-0.2, 0) is 29.0 Å². The van der Waals surface area contributed by atoms with Crippen molar-refractivity contribution < 1.29 is 14.4 Å². The molecule has 0 spiro atoms. The average molecular weight is 398 g/mol. The molecule has 4 rings (SSSR count). The van der Waals surface area contributed by atoms with Crippen molar-refractivity contribution >= 4 is 34.1 Å². The molecule has 3 amide bonds. The van der Waals surface area contributed by atoms with Gasteiger partial charge >= 0.3 is 0 Å². The van der Waals surface area contributed by atoms with E-state index < -0.39 is 0 Å². The van der Waals surface area contributed by atoms with Crippen LogP contribution in [0.1, 0.15) is 32.8 Å². The van der Waals surface area contributed by atoms with Crippen molar-refractivity contribution in [1.29, 1.82) is 0 Å². The maximum atomic E-state index is 12.8. The van der Waals surface area contributed by atoms with E-state index in [0.717, 1.165) is 16.0 Å². The first-order valence-electron chi connectivity index (χ1n) is 9.29. The summed E-state index contributed by atoms with van der Waals surface area (Å²) in [5, 5.41) is 0.703. The molecule has 0 fully saturated rings. The smallest absolute Gasteiger partial charge is 0.257 e. The molecule has 28 heavy (non-hydrogen) atoms. The summed E-state index contributed by atoms with van der Waals surface area (Å²) in [6.07, 6.45) is 5.25. The van der Waals surface area contributed by atoms with Crippen molar-refractivity contribution in [2.24, 2.45) is 0 Å². The number of aryl methyl sites for hydroxylation is 1. The third-order valence-corrected chi connectivity index (χ3v) is 6.65. The molecule has 0 saturated heterocycles. The first-order valence-corrected chi connectivity index (χ1v) is 10.1. The largest absolute Gasteiger partial charge is 0.337 e. The third kappa shape index (κ3) is 3.28. The molecule has 146 valence electrons. The second kappa shape index (κ2) is 7.35. The number of carbonyl (C=O) groups excluding carboxylic acids is 3. The van der Waals surface area contributed by atoms with Gasteiger partial charge in [-0.05, 0) is 30.0 Å². The fraction of sp³-hybridized carbons (Fsp3) is 0.400. The van der Waals surface area contributed by atoms with Gasteiger partial charge in [0.15, 0.2) is 0 Å². The van der Waals surface area contributed by atoms with Crippen LogP contribution in [0, 0.1) is 0 Å². The molecule has 2 aromatic heterocycles. The van der Waals surface area contributed by atoms with Crippen molar-refractivity contribution in [2.75, 3.05) is 32.1 Å². The molecular formula is C20H22N4O3S. The third-order valence-electron chi connectivity index (χ3n) is 5.35. The van der Waals surface area contributed by atoms with Gasteiger partial charge in [-0.1, -0.05) is 6.07 Å². The Morgan fingerprint density at radius 1 is 1.25 bits per heavy atom.